The van der Waals surface area contributed by atoms with Gasteiger partial charge in [-0.2, -0.15) is 0 Å². The molecule has 3 heterocycles. The molecule has 1 aliphatic heterocycles. The monoisotopic (exact) mass is 349 g/mol. The van der Waals surface area contributed by atoms with Crippen molar-refractivity contribution in [1.29, 1.82) is 0 Å². The summed E-state index contributed by atoms with van der Waals surface area (Å²) < 4.78 is 0. The molecule has 0 spiro atoms. The molecule has 0 aliphatic carbocycles. The van der Waals surface area contributed by atoms with Crippen molar-refractivity contribution in [2.75, 3.05) is 36.8 Å². The number of pyridine rings is 1. The minimum atomic E-state index is -0.531. The molecule has 0 aromatic carbocycles. The Morgan fingerprint density at radius 1 is 1.21 bits per heavy atom. The largest absolute Gasteiger partial charge is 0.378 e. The fourth-order valence-corrected chi connectivity index (χ4v) is 3.02. The van der Waals surface area contributed by atoms with E-state index in [1.165, 1.54) is 12.5 Å². The first kappa shape index (κ1) is 16.3. The Morgan fingerprint density at radius 3 is 2.50 bits per heavy atom. The van der Waals surface area contributed by atoms with E-state index in [1.807, 2.05) is 4.90 Å². The summed E-state index contributed by atoms with van der Waals surface area (Å²) in [7, 11) is 0. The first-order valence-corrected chi connectivity index (χ1v) is 7.73. The van der Waals surface area contributed by atoms with Gasteiger partial charge in [-0.15, -0.1) is 0 Å². The maximum absolute atomic E-state index is 11.3. The third kappa shape index (κ3) is 3.36. The summed E-state index contributed by atoms with van der Waals surface area (Å²) in [6.07, 6.45) is 6.42. The van der Waals surface area contributed by atoms with Crippen molar-refractivity contribution in [3.8, 4) is 0 Å². The van der Waals surface area contributed by atoms with Gasteiger partial charge in [-0.25, -0.2) is 15.0 Å². The summed E-state index contributed by atoms with van der Waals surface area (Å²) in [6, 6.07) is 0. The number of rotatable bonds is 4. The average molecular weight is 350 g/mol. The zero-order valence-corrected chi connectivity index (χ0v) is 13.6. The normalized spacial score (nSPS) is 15.5. The molecule has 0 atom stereocenters. The number of halogens is 1. The number of nitrogen functional groups attached to an aromatic ring is 1. The Kier molecular flexibility index (Phi) is 4.72. The molecule has 0 bridgehead atoms. The summed E-state index contributed by atoms with van der Waals surface area (Å²) in [5.74, 6) is -0.122. The van der Waals surface area contributed by atoms with Gasteiger partial charge in [0.15, 0.2) is 0 Å². The van der Waals surface area contributed by atoms with Crippen LogP contribution in [0.25, 0.3) is 0 Å². The Labute approximate surface area is 143 Å². The van der Waals surface area contributed by atoms with Gasteiger partial charge in [0.2, 0.25) is 5.82 Å². The zero-order valence-electron chi connectivity index (χ0n) is 12.8. The van der Waals surface area contributed by atoms with Crippen molar-refractivity contribution in [3.63, 3.8) is 0 Å². The molecular weight excluding hydrogens is 334 g/mol. The average Bonchev–Trinajstić information content (AvgIpc) is 2.58. The van der Waals surface area contributed by atoms with Crippen LogP contribution in [0, 0.1) is 10.1 Å². The van der Waals surface area contributed by atoms with Crippen LogP contribution in [-0.2, 0) is 6.54 Å². The van der Waals surface area contributed by atoms with E-state index in [4.69, 9.17) is 17.3 Å². The molecule has 9 nitrogen and oxygen atoms in total. The van der Waals surface area contributed by atoms with E-state index < -0.39 is 4.92 Å². The molecule has 1 fully saturated rings. The second-order valence-corrected chi connectivity index (χ2v) is 5.86. The Balaban J connectivity index is 1.73. The number of hydrogen-bond acceptors (Lipinski definition) is 8. The van der Waals surface area contributed by atoms with Crippen LogP contribution in [-0.4, -0.2) is 51.0 Å². The maximum Gasteiger partial charge on any atom is 0.335 e. The Bertz CT molecular complexity index is 735. The molecule has 2 aromatic rings. The van der Waals surface area contributed by atoms with Gasteiger partial charge >= 0.3 is 5.69 Å². The van der Waals surface area contributed by atoms with Crippen molar-refractivity contribution >= 4 is 28.8 Å². The second kappa shape index (κ2) is 6.93. The topological polar surface area (TPSA) is 114 Å². The highest BCUT2D eigenvalue weighted by Crippen LogP contribution is 2.38. The summed E-state index contributed by atoms with van der Waals surface area (Å²) in [5.41, 5.74) is 6.81. The number of piperazine rings is 1. The van der Waals surface area contributed by atoms with Crippen LogP contribution in [0.2, 0.25) is 5.02 Å². The van der Waals surface area contributed by atoms with Gasteiger partial charge in [-0.3, -0.25) is 15.0 Å². The third-order valence-corrected chi connectivity index (χ3v) is 4.18. The van der Waals surface area contributed by atoms with Crippen LogP contribution in [0.4, 0.5) is 17.2 Å². The number of nitro groups is 1. The second-order valence-electron chi connectivity index (χ2n) is 5.46. The lowest BCUT2D eigenvalue weighted by molar-refractivity contribution is -0.383. The van der Waals surface area contributed by atoms with Gasteiger partial charge < -0.3 is 10.6 Å². The molecular formula is C14H16ClN7O2. The van der Waals surface area contributed by atoms with E-state index in [1.54, 1.807) is 12.4 Å². The van der Waals surface area contributed by atoms with E-state index in [-0.39, 0.29) is 16.5 Å². The highest BCUT2D eigenvalue weighted by molar-refractivity contribution is 6.33. The minimum absolute atomic E-state index is 0.122. The SMILES string of the molecule is Nc1ncc(Cl)c(N2CCN(Cc3cncnc3)CC2)c1[N+](=O)[O-]. The lowest BCUT2D eigenvalue weighted by atomic mass is 10.2. The summed E-state index contributed by atoms with van der Waals surface area (Å²) in [6.45, 7) is 3.44. The Morgan fingerprint density at radius 2 is 1.88 bits per heavy atom. The number of nitrogens with zero attached hydrogens (tertiary/aromatic N) is 6. The van der Waals surface area contributed by atoms with Crippen molar-refractivity contribution < 1.29 is 4.92 Å². The molecule has 3 rings (SSSR count). The quantitative estimate of drug-likeness (QED) is 0.649. The fraction of sp³-hybridized carbons (Fsp3) is 0.357. The van der Waals surface area contributed by atoms with E-state index >= 15 is 0 Å². The number of hydrogen-bond donors (Lipinski definition) is 1. The number of aromatic nitrogens is 3. The van der Waals surface area contributed by atoms with E-state index in [0.29, 0.717) is 18.8 Å². The predicted octanol–water partition coefficient (Wildman–Crippen LogP) is 1.34. The molecule has 24 heavy (non-hydrogen) atoms. The molecule has 1 saturated heterocycles. The first-order valence-electron chi connectivity index (χ1n) is 7.36. The van der Waals surface area contributed by atoms with Crippen LogP contribution in [0.15, 0.2) is 24.9 Å². The van der Waals surface area contributed by atoms with Crippen molar-refractivity contribution in [2.24, 2.45) is 0 Å². The number of nitrogens with two attached hydrogens (primary N) is 1. The number of anilines is 2. The molecule has 1 aliphatic rings. The van der Waals surface area contributed by atoms with Gasteiger partial charge in [-0.1, -0.05) is 11.6 Å². The summed E-state index contributed by atoms with van der Waals surface area (Å²) in [4.78, 5) is 26.7. The lowest BCUT2D eigenvalue weighted by Crippen LogP contribution is -2.46. The highest BCUT2D eigenvalue weighted by Gasteiger charge is 2.29. The van der Waals surface area contributed by atoms with Crippen molar-refractivity contribution in [1.82, 2.24) is 19.9 Å². The smallest absolute Gasteiger partial charge is 0.335 e. The molecule has 0 unspecified atom stereocenters. The summed E-state index contributed by atoms with van der Waals surface area (Å²) >= 11 is 6.15. The summed E-state index contributed by atoms with van der Waals surface area (Å²) in [5, 5.41) is 11.6. The molecule has 2 aromatic heterocycles. The highest BCUT2D eigenvalue weighted by atomic mass is 35.5. The molecule has 0 saturated carbocycles. The van der Waals surface area contributed by atoms with Crippen LogP contribution < -0.4 is 10.6 Å². The minimum Gasteiger partial charge on any atom is -0.378 e. The third-order valence-electron chi connectivity index (χ3n) is 3.90. The Hall–Kier alpha value is -2.52. The lowest BCUT2D eigenvalue weighted by Gasteiger charge is -2.36. The standard InChI is InChI=1S/C14H16ClN7O2/c15-11-7-19-14(16)13(22(23)24)12(11)21-3-1-20(2-4-21)8-10-5-17-9-18-6-10/h5-7,9H,1-4,8H2,(H2,16,19). The predicted molar refractivity (Wildman–Crippen MR) is 89.8 cm³/mol. The van der Waals surface area contributed by atoms with Crippen LogP contribution in [0.1, 0.15) is 5.56 Å². The zero-order chi connectivity index (χ0) is 17.1. The molecule has 2 N–H and O–H groups in total. The van der Waals surface area contributed by atoms with Crippen molar-refractivity contribution in [3.05, 3.63) is 45.6 Å². The molecule has 126 valence electrons. The van der Waals surface area contributed by atoms with Gasteiger partial charge in [0.1, 0.15) is 12.0 Å². The molecule has 0 radical (unpaired) electrons. The maximum atomic E-state index is 11.3. The van der Waals surface area contributed by atoms with Crippen LogP contribution >= 0.6 is 11.6 Å². The van der Waals surface area contributed by atoms with E-state index in [2.05, 4.69) is 19.9 Å². The van der Waals surface area contributed by atoms with Crippen LogP contribution in [0.5, 0.6) is 0 Å². The molecule has 0 amide bonds. The van der Waals surface area contributed by atoms with E-state index in [0.717, 1.165) is 25.2 Å². The molecule has 10 heteroatoms. The first-order chi connectivity index (χ1) is 11.6. The fourth-order valence-electron chi connectivity index (χ4n) is 2.76. The van der Waals surface area contributed by atoms with Crippen LogP contribution in [0.3, 0.4) is 0 Å². The van der Waals surface area contributed by atoms with Crippen molar-refractivity contribution in [2.45, 2.75) is 6.54 Å². The van der Waals surface area contributed by atoms with Gasteiger partial charge in [0.25, 0.3) is 0 Å². The van der Waals surface area contributed by atoms with E-state index in [9.17, 15) is 10.1 Å². The van der Waals surface area contributed by atoms with Gasteiger partial charge in [-0.05, 0) is 0 Å². The van der Waals surface area contributed by atoms with Gasteiger partial charge in [0, 0.05) is 50.7 Å². The van der Waals surface area contributed by atoms with Gasteiger partial charge in [0.05, 0.1) is 16.1 Å².